The number of H-pyrrole nitrogens is 1. The smallest absolute Gasteiger partial charge is 0.339 e. The van der Waals surface area contributed by atoms with Crippen LogP contribution in [0.15, 0.2) is 29.3 Å². The number of benzene rings is 1. The van der Waals surface area contributed by atoms with Gasteiger partial charge in [0.1, 0.15) is 17.1 Å². The first-order chi connectivity index (χ1) is 8.99. The number of carboxylic acids is 1. The average molecular weight is 285 g/mol. The molecule has 0 fully saturated rings. The number of carbonyl (C=O) groups is 1. The van der Waals surface area contributed by atoms with Crippen molar-refractivity contribution in [1.29, 1.82) is 0 Å². The molecule has 0 radical (unpaired) electrons. The summed E-state index contributed by atoms with van der Waals surface area (Å²) in [5, 5.41) is 8.58. The number of rotatable bonds is 3. The zero-order valence-corrected chi connectivity index (χ0v) is 9.94. The minimum Gasteiger partial charge on any atom is -0.478 e. The van der Waals surface area contributed by atoms with E-state index in [1.807, 2.05) is 0 Å². The highest BCUT2D eigenvalue weighted by Crippen LogP contribution is 2.27. The van der Waals surface area contributed by atoms with Gasteiger partial charge in [0, 0.05) is 6.07 Å². The van der Waals surface area contributed by atoms with Crippen LogP contribution in [0.1, 0.15) is 10.4 Å². The summed E-state index contributed by atoms with van der Waals surface area (Å²) in [6.45, 7) is 0. The molecule has 0 unspecified atom stereocenters. The second-order valence-corrected chi connectivity index (χ2v) is 3.78. The zero-order chi connectivity index (χ0) is 14.0. The van der Waals surface area contributed by atoms with E-state index in [4.69, 9.17) is 21.4 Å². The molecule has 19 heavy (non-hydrogen) atoms. The van der Waals surface area contributed by atoms with E-state index >= 15 is 0 Å². The van der Waals surface area contributed by atoms with Crippen molar-refractivity contribution in [2.45, 2.75) is 0 Å². The monoisotopic (exact) mass is 284 g/mol. The lowest BCUT2D eigenvalue weighted by atomic mass is 10.2. The molecule has 0 aliphatic carbocycles. The highest BCUT2D eigenvalue weighted by Gasteiger charge is 2.16. The molecule has 1 aromatic heterocycles. The summed E-state index contributed by atoms with van der Waals surface area (Å²) >= 11 is 5.64. The van der Waals surface area contributed by atoms with Gasteiger partial charge in [-0.05, 0) is 12.1 Å². The fraction of sp³-hybridized carbons (Fsp3) is 0. The molecule has 0 aliphatic heterocycles. The Bertz CT molecular complexity index is 701. The summed E-state index contributed by atoms with van der Waals surface area (Å²) in [5.74, 6) is -2.61. The Balaban J connectivity index is 2.48. The maximum atomic E-state index is 13.1. The first-order valence-corrected chi connectivity index (χ1v) is 5.30. The first-order valence-electron chi connectivity index (χ1n) is 4.93. The highest BCUT2D eigenvalue weighted by molar-refractivity contribution is 6.31. The Morgan fingerprint density at radius 2 is 2.21 bits per heavy atom. The summed E-state index contributed by atoms with van der Waals surface area (Å²) in [6, 6.07) is 2.87. The van der Waals surface area contributed by atoms with Crippen LogP contribution in [-0.4, -0.2) is 21.0 Å². The van der Waals surface area contributed by atoms with Gasteiger partial charge in [-0.15, -0.1) is 0 Å². The molecule has 2 aromatic rings. The fourth-order valence-corrected chi connectivity index (χ4v) is 1.44. The molecule has 0 spiro atoms. The van der Waals surface area contributed by atoms with E-state index in [9.17, 15) is 14.0 Å². The number of carboxylic acid groups (broad SMARTS) is 1. The topological polar surface area (TPSA) is 92.3 Å². The van der Waals surface area contributed by atoms with Crippen molar-refractivity contribution in [2.75, 3.05) is 0 Å². The summed E-state index contributed by atoms with van der Waals surface area (Å²) in [6.07, 6.45) is 1.03. The van der Waals surface area contributed by atoms with Crippen LogP contribution in [0.5, 0.6) is 11.6 Å². The van der Waals surface area contributed by atoms with E-state index in [-0.39, 0.29) is 22.2 Å². The van der Waals surface area contributed by atoms with Crippen LogP contribution in [-0.2, 0) is 0 Å². The standard InChI is InChI=1S/C11H6ClFN2O4/c12-8-9(16)14-4-15-10(8)19-7-3-5(13)1-2-6(7)11(17)18/h1-4H,(H,17,18)(H,14,15,16). The molecule has 0 aliphatic rings. The second-order valence-electron chi connectivity index (χ2n) is 3.40. The van der Waals surface area contributed by atoms with E-state index in [1.54, 1.807) is 0 Å². The Hall–Kier alpha value is -2.41. The summed E-state index contributed by atoms with van der Waals surface area (Å²) < 4.78 is 18.2. The predicted molar refractivity (Wildman–Crippen MR) is 63.3 cm³/mol. The van der Waals surface area contributed by atoms with Gasteiger partial charge in [0.2, 0.25) is 5.88 Å². The maximum absolute atomic E-state index is 13.1. The van der Waals surface area contributed by atoms with Crippen LogP contribution in [0.25, 0.3) is 0 Å². The molecule has 8 heteroatoms. The minimum absolute atomic E-state index is 0.278. The number of ether oxygens (including phenoxy) is 1. The molecular weight excluding hydrogens is 279 g/mol. The van der Waals surface area contributed by atoms with Crippen molar-refractivity contribution in [3.8, 4) is 11.6 Å². The fourth-order valence-electron chi connectivity index (χ4n) is 1.30. The Morgan fingerprint density at radius 3 is 2.89 bits per heavy atom. The normalized spacial score (nSPS) is 10.2. The lowest BCUT2D eigenvalue weighted by Gasteiger charge is -2.08. The third-order valence-electron chi connectivity index (χ3n) is 2.15. The van der Waals surface area contributed by atoms with Gasteiger partial charge in [-0.2, -0.15) is 0 Å². The number of halogens is 2. The van der Waals surface area contributed by atoms with Gasteiger partial charge < -0.3 is 14.8 Å². The Labute approximate surface area is 110 Å². The number of nitrogens with one attached hydrogen (secondary N) is 1. The van der Waals surface area contributed by atoms with Gasteiger partial charge in [-0.3, -0.25) is 4.79 Å². The maximum Gasteiger partial charge on any atom is 0.339 e. The van der Waals surface area contributed by atoms with Gasteiger partial charge >= 0.3 is 5.97 Å². The minimum atomic E-state index is -1.31. The number of aromatic amines is 1. The average Bonchev–Trinajstić information content (AvgIpc) is 2.35. The lowest BCUT2D eigenvalue weighted by Crippen LogP contribution is -2.09. The van der Waals surface area contributed by atoms with Crippen molar-refractivity contribution in [3.63, 3.8) is 0 Å². The number of hydrogen-bond acceptors (Lipinski definition) is 4. The molecule has 0 atom stereocenters. The van der Waals surface area contributed by atoms with Gasteiger partial charge in [0.15, 0.2) is 5.02 Å². The van der Waals surface area contributed by atoms with Crippen LogP contribution in [0.3, 0.4) is 0 Å². The number of hydrogen-bond donors (Lipinski definition) is 2. The first kappa shape index (κ1) is 13.0. The molecular formula is C11H6ClFN2O4. The van der Waals surface area contributed by atoms with E-state index in [0.29, 0.717) is 0 Å². The number of aromatic carboxylic acids is 1. The van der Waals surface area contributed by atoms with Crippen LogP contribution in [0, 0.1) is 5.82 Å². The molecule has 98 valence electrons. The Kier molecular flexibility index (Phi) is 3.48. The quantitative estimate of drug-likeness (QED) is 0.900. The highest BCUT2D eigenvalue weighted by atomic mass is 35.5. The van der Waals surface area contributed by atoms with Crippen LogP contribution in [0.2, 0.25) is 5.02 Å². The van der Waals surface area contributed by atoms with Crippen molar-refractivity contribution >= 4 is 17.6 Å². The SMILES string of the molecule is O=C(O)c1ccc(F)cc1Oc1nc[nH]c(=O)c1Cl. The third kappa shape index (κ3) is 2.71. The summed E-state index contributed by atoms with van der Waals surface area (Å²) in [5.41, 5.74) is -0.931. The lowest BCUT2D eigenvalue weighted by molar-refractivity contribution is 0.0694. The van der Waals surface area contributed by atoms with Crippen LogP contribution in [0.4, 0.5) is 4.39 Å². The van der Waals surface area contributed by atoms with Crippen molar-refractivity contribution in [3.05, 3.63) is 51.3 Å². The molecule has 0 saturated carbocycles. The molecule has 1 heterocycles. The van der Waals surface area contributed by atoms with Gasteiger partial charge in [0.25, 0.3) is 5.56 Å². The van der Waals surface area contributed by atoms with Crippen molar-refractivity contribution in [2.24, 2.45) is 0 Å². The summed E-state index contributed by atoms with van der Waals surface area (Å²) in [4.78, 5) is 28.0. The van der Waals surface area contributed by atoms with Crippen molar-refractivity contribution < 1.29 is 19.0 Å². The van der Waals surface area contributed by atoms with Crippen LogP contribution >= 0.6 is 11.6 Å². The third-order valence-corrected chi connectivity index (χ3v) is 2.48. The van der Waals surface area contributed by atoms with E-state index < -0.39 is 17.3 Å². The van der Waals surface area contributed by atoms with Gasteiger partial charge in [0.05, 0.1) is 6.33 Å². The molecule has 0 saturated heterocycles. The molecule has 0 bridgehead atoms. The van der Waals surface area contributed by atoms with Crippen LogP contribution < -0.4 is 10.3 Å². The number of nitrogens with zero attached hydrogens (tertiary/aromatic N) is 1. The predicted octanol–water partition coefficient (Wildman–Crippen LogP) is 2.05. The van der Waals surface area contributed by atoms with E-state index in [0.717, 1.165) is 24.5 Å². The van der Waals surface area contributed by atoms with Crippen molar-refractivity contribution in [1.82, 2.24) is 9.97 Å². The molecule has 0 amide bonds. The Morgan fingerprint density at radius 1 is 1.47 bits per heavy atom. The zero-order valence-electron chi connectivity index (χ0n) is 9.18. The molecule has 2 rings (SSSR count). The number of aromatic nitrogens is 2. The molecule has 6 nitrogen and oxygen atoms in total. The second kappa shape index (κ2) is 5.07. The molecule has 2 N–H and O–H groups in total. The van der Waals surface area contributed by atoms with Gasteiger partial charge in [-0.1, -0.05) is 11.6 Å². The van der Waals surface area contributed by atoms with E-state index in [2.05, 4.69) is 9.97 Å². The largest absolute Gasteiger partial charge is 0.478 e. The molecule has 1 aromatic carbocycles. The van der Waals surface area contributed by atoms with Gasteiger partial charge in [-0.25, -0.2) is 14.2 Å². The summed E-state index contributed by atoms with van der Waals surface area (Å²) in [7, 11) is 0. The van der Waals surface area contributed by atoms with E-state index in [1.165, 1.54) is 0 Å².